The van der Waals surface area contributed by atoms with Gasteiger partial charge in [0.05, 0.1) is 12.4 Å². The van der Waals surface area contributed by atoms with Crippen LogP contribution in [0.4, 0.5) is 13.2 Å². The Labute approximate surface area is 132 Å². The van der Waals surface area contributed by atoms with Crippen LogP contribution in [0.15, 0.2) is 59.3 Å². The van der Waals surface area contributed by atoms with E-state index < -0.39 is 17.5 Å². The van der Waals surface area contributed by atoms with Crippen molar-refractivity contribution in [2.75, 3.05) is 0 Å². The second kappa shape index (κ2) is 8.08. The molecule has 23 heavy (non-hydrogen) atoms. The molecule has 0 unspecified atom stereocenters. The van der Waals surface area contributed by atoms with Crippen LogP contribution >= 0.6 is 0 Å². The fraction of sp³-hybridized carbons (Fsp3) is 0.111. The predicted molar refractivity (Wildman–Crippen MR) is 86.5 cm³/mol. The maximum atomic E-state index is 13.4. The van der Waals surface area contributed by atoms with Gasteiger partial charge in [-0.3, -0.25) is 0 Å². The van der Waals surface area contributed by atoms with Crippen LogP contribution in [-0.2, 0) is 6.42 Å². The monoisotopic (exact) mass is 316 g/mol. The van der Waals surface area contributed by atoms with Crippen molar-refractivity contribution in [2.24, 2.45) is 10.2 Å². The third kappa shape index (κ3) is 4.64. The molecule has 0 N–H and O–H groups in total. The van der Waals surface area contributed by atoms with E-state index in [1.54, 1.807) is 0 Å². The second-order valence-electron chi connectivity index (χ2n) is 4.82. The van der Waals surface area contributed by atoms with Crippen LogP contribution in [0.1, 0.15) is 23.1 Å². The second-order valence-corrected chi connectivity index (χ2v) is 4.82. The highest BCUT2D eigenvalue weighted by molar-refractivity contribution is 5.82. The fourth-order valence-corrected chi connectivity index (χ4v) is 1.88. The summed E-state index contributed by atoms with van der Waals surface area (Å²) < 4.78 is 39.2. The van der Waals surface area contributed by atoms with E-state index in [1.165, 1.54) is 11.8 Å². The Bertz CT molecular complexity index is 735. The first kappa shape index (κ1) is 16.7. The minimum Gasteiger partial charge on any atom is -0.204 e. The van der Waals surface area contributed by atoms with Gasteiger partial charge in [-0.05, 0) is 36.1 Å². The molecule has 0 amide bonds. The molecule has 2 nitrogen and oxygen atoms in total. The summed E-state index contributed by atoms with van der Waals surface area (Å²) in [6.45, 7) is 3.68. The zero-order valence-corrected chi connectivity index (χ0v) is 12.3. The molecular formula is C18H15F3N2. The Hall–Kier alpha value is -2.69. The highest BCUT2D eigenvalue weighted by atomic mass is 19.2. The van der Waals surface area contributed by atoms with Crippen molar-refractivity contribution in [3.05, 3.63) is 83.2 Å². The Morgan fingerprint density at radius 1 is 0.870 bits per heavy atom. The highest BCUT2D eigenvalue weighted by Gasteiger charge is 2.11. The first-order valence-electron chi connectivity index (χ1n) is 7.01. The normalized spacial score (nSPS) is 11.4. The number of benzene rings is 2. The molecule has 0 saturated carbocycles. The maximum Gasteiger partial charge on any atom is 0.195 e. The third-order valence-electron chi connectivity index (χ3n) is 3.15. The molecule has 118 valence electrons. The Kier molecular flexibility index (Phi) is 5.86. The quantitative estimate of drug-likeness (QED) is 0.320. The molecule has 0 atom stereocenters. The molecule has 0 aliphatic carbocycles. The molecule has 0 heterocycles. The zero-order chi connectivity index (χ0) is 16.7. The fourth-order valence-electron chi connectivity index (χ4n) is 1.88. The molecule has 0 aromatic heterocycles. The average molecular weight is 316 g/mol. The molecule has 5 heteroatoms. The summed E-state index contributed by atoms with van der Waals surface area (Å²) in [4.78, 5) is 0. The molecule has 2 rings (SSSR count). The van der Waals surface area contributed by atoms with Gasteiger partial charge >= 0.3 is 0 Å². The SMILES string of the molecule is C=CCCc1ccc(/C=N/N=C/c2ccc(F)c(F)c2F)cc1. The van der Waals surface area contributed by atoms with Gasteiger partial charge in [-0.15, -0.1) is 6.58 Å². The Morgan fingerprint density at radius 3 is 2.26 bits per heavy atom. The first-order chi connectivity index (χ1) is 11.1. The summed E-state index contributed by atoms with van der Waals surface area (Å²) in [7, 11) is 0. The van der Waals surface area contributed by atoms with Gasteiger partial charge in [-0.1, -0.05) is 30.3 Å². The zero-order valence-electron chi connectivity index (χ0n) is 12.3. The van der Waals surface area contributed by atoms with Gasteiger partial charge in [0.25, 0.3) is 0 Å². The molecule has 0 saturated heterocycles. The topological polar surface area (TPSA) is 24.7 Å². The molecule has 2 aromatic rings. The van der Waals surface area contributed by atoms with E-state index >= 15 is 0 Å². The highest BCUT2D eigenvalue weighted by Crippen LogP contribution is 2.13. The van der Waals surface area contributed by atoms with Crippen LogP contribution in [0.3, 0.4) is 0 Å². The maximum absolute atomic E-state index is 13.4. The number of halogens is 3. The molecule has 0 fully saturated rings. The van der Waals surface area contributed by atoms with Crippen LogP contribution in [0.5, 0.6) is 0 Å². The lowest BCUT2D eigenvalue weighted by atomic mass is 10.1. The summed E-state index contributed by atoms with van der Waals surface area (Å²) in [5.41, 5.74) is 1.85. The minimum atomic E-state index is -1.52. The lowest BCUT2D eigenvalue weighted by molar-refractivity contribution is 0.446. The lowest BCUT2D eigenvalue weighted by Gasteiger charge is -1.99. The number of allylic oxidation sites excluding steroid dienone is 1. The van der Waals surface area contributed by atoms with E-state index in [2.05, 4.69) is 16.8 Å². The molecule has 0 aliphatic rings. The van der Waals surface area contributed by atoms with Gasteiger partial charge in [0.15, 0.2) is 17.5 Å². The minimum absolute atomic E-state index is 0.166. The van der Waals surface area contributed by atoms with Gasteiger partial charge in [0.2, 0.25) is 0 Å². The number of hydrogen-bond acceptors (Lipinski definition) is 2. The van der Waals surface area contributed by atoms with Crippen molar-refractivity contribution in [3.63, 3.8) is 0 Å². The van der Waals surface area contributed by atoms with E-state index in [9.17, 15) is 13.2 Å². The number of hydrogen-bond donors (Lipinski definition) is 0. The lowest BCUT2D eigenvalue weighted by Crippen LogP contribution is -1.96. The van der Waals surface area contributed by atoms with Crippen LogP contribution in [0.2, 0.25) is 0 Å². The molecule has 0 bridgehead atoms. The van der Waals surface area contributed by atoms with Crippen molar-refractivity contribution in [1.82, 2.24) is 0 Å². The Balaban J connectivity index is 2.01. The largest absolute Gasteiger partial charge is 0.204 e. The van der Waals surface area contributed by atoms with Crippen molar-refractivity contribution < 1.29 is 13.2 Å². The van der Waals surface area contributed by atoms with Crippen LogP contribution in [0, 0.1) is 17.5 Å². The van der Waals surface area contributed by atoms with Gasteiger partial charge in [0.1, 0.15) is 0 Å². The molecule has 0 radical (unpaired) electrons. The van der Waals surface area contributed by atoms with E-state index in [-0.39, 0.29) is 5.56 Å². The predicted octanol–water partition coefficient (Wildman–Crippen LogP) is 4.68. The van der Waals surface area contributed by atoms with Crippen molar-refractivity contribution >= 4 is 12.4 Å². The summed E-state index contributed by atoms with van der Waals surface area (Å²) in [5, 5.41) is 7.41. The third-order valence-corrected chi connectivity index (χ3v) is 3.15. The van der Waals surface area contributed by atoms with E-state index in [0.717, 1.165) is 36.8 Å². The number of rotatable bonds is 6. The summed E-state index contributed by atoms with van der Waals surface area (Å²) in [6, 6.07) is 9.66. The summed E-state index contributed by atoms with van der Waals surface area (Å²) in [5.74, 6) is -4.04. The van der Waals surface area contributed by atoms with Crippen LogP contribution < -0.4 is 0 Å². The smallest absolute Gasteiger partial charge is 0.195 e. The first-order valence-corrected chi connectivity index (χ1v) is 7.01. The van der Waals surface area contributed by atoms with Gasteiger partial charge in [-0.2, -0.15) is 10.2 Å². The number of nitrogens with zero attached hydrogens (tertiary/aromatic N) is 2. The standard InChI is InChI=1S/C18H15F3N2/c1-2-3-4-13-5-7-14(8-6-13)11-22-23-12-15-9-10-16(19)18(21)17(15)20/h2,5-12H,1,3-4H2/b22-11+,23-12+. The molecule has 2 aromatic carbocycles. The van der Waals surface area contributed by atoms with Crippen molar-refractivity contribution in [3.8, 4) is 0 Å². The van der Waals surface area contributed by atoms with Gasteiger partial charge < -0.3 is 0 Å². The number of aryl methyl sites for hydroxylation is 1. The summed E-state index contributed by atoms with van der Waals surface area (Å²) in [6.07, 6.45) is 6.23. The van der Waals surface area contributed by atoms with E-state index in [0.29, 0.717) is 0 Å². The van der Waals surface area contributed by atoms with Crippen LogP contribution in [-0.4, -0.2) is 12.4 Å². The van der Waals surface area contributed by atoms with Crippen molar-refractivity contribution in [1.29, 1.82) is 0 Å². The van der Waals surface area contributed by atoms with E-state index in [1.807, 2.05) is 30.3 Å². The molecule has 0 aliphatic heterocycles. The molecular weight excluding hydrogens is 301 g/mol. The summed E-state index contributed by atoms with van der Waals surface area (Å²) >= 11 is 0. The van der Waals surface area contributed by atoms with Crippen LogP contribution in [0.25, 0.3) is 0 Å². The van der Waals surface area contributed by atoms with E-state index in [4.69, 9.17) is 0 Å². The Morgan fingerprint density at radius 2 is 1.57 bits per heavy atom. The van der Waals surface area contributed by atoms with Crippen molar-refractivity contribution in [2.45, 2.75) is 12.8 Å². The average Bonchev–Trinajstić information content (AvgIpc) is 2.57. The van der Waals surface area contributed by atoms with Gasteiger partial charge in [0, 0.05) is 5.56 Å². The van der Waals surface area contributed by atoms with Gasteiger partial charge in [-0.25, -0.2) is 13.2 Å². The molecule has 0 spiro atoms.